The second-order valence-electron chi connectivity index (χ2n) is 6.14. The average molecular weight is 237 g/mol. The lowest BCUT2D eigenvalue weighted by Crippen LogP contribution is -2.32. The Morgan fingerprint density at radius 3 is 2.65 bits per heavy atom. The van der Waals surface area contributed by atoms with Gasteiger partial charge in [-0.1, -0.05) is 27.7 Å². The molecule has 98 valence electrons. The molecule has 0 aliphatic rings. The van der Waals surface area contributed by atoms with Crippen LogP contribution >= 0.6 is 0 Å². The number of hydrogen-bond acceptors (Lipinski definition) is 2. The van der Waals surface area contributed by atoms with Crippen molar-refractivity contribution in [1.82, 2.24) is 14.9 Å². The minimum Gasteiger partial charge on any atom is -0.338 e. The van der Waals surface area contributed by atoms with Gasteiger partial charge in [-0.25, -0.2) is 4.98 Å². The summed E-state index contributed by atoms with van der Waals surface area (Å²) >= 11 is 0. The summed E-state index contributed by atoms with van der Waals surface area (Å²) in [6.45, 7) is 11.3. The van der Waals surface area contributed by atoms with Gasteiger partial charge in [0, 0.05) is 32.4 Å². The highest BCUT2D eigenvalue weighted by Crippen LogP contribution is 2.21. The van der Waals surface area contributed by atoms with E-state index in [4.69, 9.17) is 0 Å². The quantitative estimate of drug-likeness (QED) is 0.790. The van der Waals surface area contributed by atoms with E-state index in [0.29, 0.717) is 5.41 Å². The molecule has 17 heavy (non-hydrogen) atoms. The molecule has 1 rings (SSSR count). The Kier molecular flexibility index (Phi) is 5.19. The van der Waals surface area contributed by atoms with Gasteiger partial charge in [-0.3, -0.25) is 0 Å². The number of nitrogens with zero attached hydrogens (tertiary/aromatic N) is 2. The summed E-state index contributed by atoms with van der Waals surface area (Å²) in [7, 11) is 2.06. The molecule has 3 heteroatoms. The molecule has 0 bridgehead atoms. The van der Waals surface area contributed by atoms with Gasteiger partial charge in [0.15, 0.2) is 0 Å². The lowest BCUT2D eigenvalue weighted by atomic mass is 9.87. The van der Waals surface area contributed by atoms with Crippen molar-refractivity contribution in [2.45, 2.75) is 40.5 Å². The molecule has 1 aromatic rings. The van der Waals surface area contributed by atoms with Crippen molar-refractivity contribution in [3.63, 3.8) is 0 Å². The molecule has 0 unspecified atom stereocenters. The zero-order valence-electron chi connectivity index (χ0n) is 12.0. The van der Waals surface area contributed by atoms with E-state index in [1.807, 2.05) is 12.4 Å². The predicted octanol–water partition coefficient (Wildman–Crippen LogP) is 2.62. The Bertz CT molecular complexity index is 326. The van der Waals surface area contributed by atoms with Crippen LogP contribution in [0, 0.1) is 11.3 Å². The molecule has 0 radical (unpaired) electrons. The molecule has 0 amide bonds. The maximum absolute atomic E-state index is 4.37. The summed E-state index contributed by atoms with van der Waals surface area (Å²) in [6.07, 6.45) is 6.11. The van der Waals surface area contributed by atoms with Gasteiger partial charge in [0.2, 0.25) is 0 Å². The molecule has 3 nitrogen and oxygen atoms in total. The largest absolute Gasteiger partial charge is 0.338 e. The van der Waals surface area contributed by atoms with Gasteiger partial charge in [0.25, 0.3) is 0 Å². The van der Waals surface area contributed by atoms with Crippen molar-refractivity contribution in [3.8, 4) is 0 Å². The van der Waals surface area contributed by atoms with E-state index in [2.05, 4.69) is 49.6 Å². The van der Waals surface area contributed by atoms with Gasteiger partial charge in [0.1, 0.15) is 5.82 Å². The summed E-state index contributed by atoms with van der Waals surface area (Å²) in [4.78, 5) is 4.37. The first-order valence-corrected chi connectivity index (χ1v) is 6.57. The van der Waals surface area contributed by atoms with Gasteiger partial charge >= 0.3 is 0 Å². The van der Waals surface area contributed by atoms with Crippen LogP contribution in [0.15, 0.2) is 12.4 Å². The van der Waals surface area contributed by atoms with Crippen LogP contribution in [0.1, 0.15) is 39.9 Å². The molecule has 0 aromatic carbocycles. The van der Waals surface area contributed by atoms with Crippen molar-refractivity contribution in [1.29, 1.82) is 0 Å². The summed E-state index contributed by atoms with van der Waals surface area (Å²) in [6, 6.07) is 0. The van der Waals surface area contributed by atoms with E-state index in [9.17, 15) is 0 Å². The highest BCUT2D eigenvalue weighted by Gasteiger charge is 2.18. The number of rotatable bonds is 7. The summed E-state index contributed by atoms with van der Waals surface area (Å²) in [5, 5.41) is 3.54. The van der Waals surface area contributed by atoms with E-state index in [1.165, 1.54) is 12.2 Å². The van der Waals surface area contributed by atoms with Crippen LogP contribution in [0.2, 0.25) is 0 Å². The maximum Gasteiger partial charge on any atom is 0.108 e. The Morgan fingerprint density at radius 1 is 1.41 bits per heavy atom. The fraction of sp³-hybridized carbons (Fsp3) is 0.786. The van der Waals surface area contributed by atoms with Crippen LogP contribution in [0.4, 0.5) is 0 Å². The van der Waals surface area contributed by atoms with Gasteiger partial charge in [-0.2, -0.15) is 0 Å². The molecule has 1 N–H and O–H groups in total. The van der Waals surface area contributed by atoms with E-state index in [-0.39, 0.29) is 0 Å². The number of nitrogens with one attached hydrogen (secondary N) is 1. The molecular formula is C14H27N3. The van der Waals surface area contributed by atoms with Crippen LogP contribution in [-0.4, -0.2) is 22.6 Å². The lowest BCUT2D eigenvalue weighted by Gasteiger charge is -2.25. The third kappa shape index (κ3) is 5.35. The highest BCUT2D eigenvalue weighted by atomic mass is 15.0. The van der Waals surface area contributed by atoms with E-state index in [0.717, 1.165) is 25.4 Å². The predicted molar refractivity (Wildman–Crippen MR) is 73.0 cm³/mol. The molecule has 1 heterocycles. The van der Waals surface area contributed by atoms with Crippen LogP contribution in [0.3, 0.4) is 0 Å². The fourth-order valence-electron chi connectivity index (χ4n) is 1.88. The van der Waals surface area contributed by atoms with Crippen molar-refractivity contribution in [2.24, 2.45) is 18.4 Å². The van der Waals surface area contributed by atoms with Crippen LogP contribution in [0.5, 0.6) is 0 Å². The van der Waals surface area contributed by atoms with Gasteiger partial charge in [0.05, 0.1) is 0 Å². The standard InChI is InChI=1S/C14H27N3/c1-12(2)10-15-11-14(3,4)7-6-13-16-8-9-17(13)5/h8-9,12,15H,6-7,10-11H2,1-5H3. The smallest absolute Gasteiger partial charge is 0.108 e. The van der Waals surface area contributed by atoms with Gasteiger partial charge < -0.3 is 9.88 Å². The van der Waals surface area contributed by atoms with Crippen LogP contribution in [-0.2, 0) is 13.5 Å². The summed E-state index contributed by atoms with van der Waals surface area (Å²) < 4.78 is 2.11. The lowest BCUT2D eigenvalue weighted by molar-refractivity contribution is 0.305. The van der Waals surface area contributed by atoms with E-state index >= 15 is 0 Å². The van der Waals surface area contributed by atoms with Crippen molar-refractivity contribution < 1.29 is 0 Å². The van der Waals surface area contributed by atoms with Crippen molar-refractivity contribution in [2.75, 3.05) is 13.1 Å². The van der Waals surface area contributed by atoms with Gasteiger partial charge in [-0.15, -0.1) is 0 Å². The zero-order valence-corrected chi connectivity index (χ0v) is 12.0. The third-order valence-electron chi connectivity index (χ3n) is 3.10. The highest BCUT2D eigenvalue weighted by molar-refractivity contribution is 4.92. The molecule has 1 aromatic heterocycles. The molecular weight excluding hydrogens is 210 g/mol. The number of aryl methyl sites for hydroxylation is 2. The molecule has 0 aliphatic carbocycles. The molecule has 0 atom stereocenters. The van der Waals surface area contributed by atoms with Gasteiger partial charge in [-0.05, 0) is 24.3 Å². The van der Waals surface area contributed by atoms with E-state index < -0.39 is 0 Å². The number of aromatic nitrogens is 2. The fourth-order valence-corrected chi connectivity index (χ4v) is 1.88. The van der Waals surface area contributed by atoms with Crippen molar-refractivity contribution >= 4 is 0 Å². The Morgan fingerprint density at radius 2 is 2.12 bits per heavy atom. The van der Waals surface area contributed by atoms with E-state index in [1.54, 1.807) is 0 Å². The molecule has 0 fully saturated rings. The van der Waals surface area contributed by atoms with Crippen LogP contribution < -0.4 is 5.32 Å². The number of hydrogen-bond donors (Lipinski definition) is 1. The molecule has 0 saturated carbocycles. The topological polar surface area (TPSA) is 29.9 Å². The maximum atomic E-state index is 4.37. The Labute approximate surface area is 106 Å². The minimum atomic E-state index is 0.334. The minimum absolute atomic E-state index is 0.334. The third-order valence-corrected chi connectivity index (χ3v) is 3.10. The summed E-state index contributed by atoms with van der Waals surface area (Å²) in [5.74, 6) is 1.90. The molecule has 0 spiro atoms. The van der Waals surface area contributed by atoms with Crippen LogP contribution in [0.25, 0.3) is 0 Å². The monoisotopic (exact) mass is 237 g/mol. The second kappa shape index (κ2) is 6.20. The Hall–Kier alpha value is -0.830. The molecule has 0 saturated heterocycles. The summed E-state index contributed by atoms with van der Waals surface area (Å²) in [5.41, 5.74) is 0.334. The van der Waals surface area contributed by atoms with Crippen molar-refractivity contribution in [3.05, 3.63) is 18.2 Å². The average Bonchev–Trinajstić information content (AvgIpc) is 2.60. The first-order valence-electron chi connectivity index (χ1n) is 6.57. The number of imidazole rings is 1. The zero-order chi connectivity index (χ0) is 12.9. The normalized spacial score (nSPS) is 12.4. The Balaban J connectivity index is 2.31. The first kappa shape index (κ1) is 14.2. The molecule has 0 aliphatic heterocycles. The second-order valence-corrected chi connectivity index (χ2v) is 6.14. The first-order chi connectivity index (χ1) is 7.91. The SMILES string of the molecule is CC(C)CNCC(C)(C)CCc1nccn1C.